The SMILES string of the molecule is O=C(CC1C(=O)NCCN1C(=S)NC(=O)c1ccc(Br)o1)OC1CCCCC1. The summed E-state index contributed by atoms with van der Waals surface area (Å²) in [6, 6.07) is 2.28. The molecule has 1 aliphatic carbocycles. The Bertz CT molecular complexity index is 762. The predicted molar refractivity (Wildman–Crippen MR) is 108 cm³/mol. The maximum absolute atomic E-state index is 12.4. The highest BCUT2D eigenvalue weighted by molar-refractivity contribution is 9.10. The van der Waals surface area contributed by atoms with Gasteiger partial charge in [-0.1, -0.05) is 6.42 Å². The van der Waals surface area contributed by atoms with Gasteiger partial charge in [-0.3, -0.25) is 19.7 Å². The van der Waals surface area contributed by atoms with E-state index < -0.39 is 17.9 Å². The molecule has 1 unspecified atom stereocenters. The van der Waals surface area contributed by atoms with Crippen molar-refractivity contribution >= 4 is 51.0 Å². The zero-order valence-corrected chi connectivity index (χ0v) is 17.6. The van der Waals surface area contributed by atoms with Crippen molar-refractivity contribution in [3.05, 3.63) is 22.6 Å². The van der Waals surface area contributed by atoms with Gasteiger partial charge in [0.15, 0.2) is 15.5 Å². The first-order valence-corrected chi connectivity index (χ1v) is 10.5. The fourth-order valence-electron chi connectivity index (χ4n) is 3.40. The standard InChI is InChI=1S/C18H22BrN3O5S/c19-14-7-6-13(27-14)17(25)21-18(28)22-9-8-20-16(24)12(22)10-15(23)26-11-4-2-1-3-5-11/h6-7,11-12H,1-5,8-10H2,(H,20,24)(H,21,25,28). The van der Waals surface area contributed by atoms with Crippen LogP contribution in [0.5, 0.6) is 0 Å². The Balaban J connectivity index is 1.60. The van der Waals surface area contributed by atoms with E-state index in [2.05, 4.69) is 26.6 Å². The van der Waals surface area contributed by atoms with E-state index in [4.69, 9.17) is 21.4 Å². The summed E-state index contributed by atoms with van der Waals surface area (Å²) < 4.78 is 11.2. The highest BCUT2D eigenvalue weighted by Gasteiger charge is 2.35. The average Bonchev–Trinajstić information content (AvgIpc) is 3.10. The summed E-state index contributed by atoms with van der Waals surface area (Å²) >= 11 is 8.44. The number of hydrogen-bond acceptors (Lipinski definition) is 6. The van der Waals surface area contributed by atoms with Crippen LogP contribution in [0.25, 0.3) is 0 Å². The molecule has 1 atom stereocenters. The quantitative estimate of drug-likeness (QED) is 0.512. The Morgan fingerprint density at radius 1 is 1.32 bits per heavy atom. The van der Waals surface area contributed by atoms with Gasteiger partial charge < -0.3 is 19.4 Å². The van der Waals surface area contributed by atoms with Crippen LogP contribution in [0.4, 0.5) is 0 Å². The lowest BCUT2D eigenvalue weighted by Crippen LogP contribution is -2.60. The molecule has 10 heteroatoms. The molecule has 0 aromatic carbocycles. The van der Waals surface area contributed by atoms with E-state index >= 15 is 0 Å². The molecule has 2 heterocycles. The summed E-state index contributed by atoms with van der Waals surface area (Å²) in [5.74, 6) is -1.18. The predicted octanol–water partition coefficient (Wildman–Crippen LogP) is 2.12. The highest BCUT2D eigenvalue weighted by atomic mass is 79.9. The molecule has 0 spiro atoms. The Morgan fingerprint density at radius 2 is 2.07 bits per heavy atom. The second kappa shape index (κ2) is 9.51. The number of hydrogen-bond donors (Lipinski definition) is 2. The topological polar surface area (TPSA) is 101 Å². The van der Waals surface area contributed by atoms with Gasteiger partial charge in [-0.2, -0.15) is 0 Å². The zero-order chi connectivity index (χ0) is 20.1. The summed E-state index contributed by atoms with van der Waals surface area (Å²) in [6.07, 6.45) is 4.78. The molecule has 1 aromatic heterocycles. The number of amides is 2. The molecule has 0 bridgehead atoms. The first kappa shape index (κ1) is 20.8. The van der Waals surface area contributed by atoms with Crippen LogP contribution in [0.15, 0.2) is 21.2 Å². The number of carbonyl (C=O) groups is 3. The van der Waals surface area contributed by atoms with E-state index in [1.54, 1.807) is 11.0 Å². The Kier molecular flexibility index (Phi) is 7.06. The Labute approximate surface area is 176 Å². The molecule has 8 nitrogen and oxygen atoms in total. The molecule has 2 fully saturated rings. The lowest BCUT2D eigenvalue weighted by atomic mass is 9.98. The van der Waals surface area contributed by atoms with Crippen molar-refractivity contribution in [3.8, 4) is 0 Å². The van der Waals surface area contributed by atoms with Crippen LogP contribution in [0.1, 0.15) is 49.1 Å². The molecule has 1 saturated carbocycles. The van der Waals surface area contributed by atoms with Gasteiger partial charge in [0.2, 0.25) is 5.91 Å². The first-order chi connectivity index (χ1) is 13.4. The van der Waals surface area contributed by atoms with Crippen molar-refractivity contribution in [2.24, 2.45) is 0 Å². The molecule has 1 saturated heterocycles. The summed E-state index contributed by atoms with van der Waals surface area (Å²) in [7, 11) is 0. The molecule has 2 amide bonds. The van der Waals surface area contributed by atoms with E-state index in [0.717, 1.165) is 32.1 Å². The third kappa shape index (κ3) is 5.32. The van der Waals surface area contributed by atoms with Crippen molar-refractivity contribution < 1.29 is 23.5 Å². The van der Waals surface area contributed by atoms with Gasteiger partial charge in [0.05, 0.1) is 6.42 Å². The third-order valence-corrected chi connectivity index (χ3v) is 5.58. The Hall–Kier alpha value is -1.94. The fourth-order valence-corrected chi connectivity index (χ4v) is 4.02. The van der Waals surface area contributed by atoms with E-state index in [-0.39, 0.29) is 29.3 Å². The summed E-state index contributed by atoms with van der Waals surface area (Å²) in [4.78, 5) is 38.5. The minimum atomic E-state index is -0.819. The van der Waals surface area contributed by atoms with Gasteiger partial charge in [0, 0.05) is 13.1 Å². The first-order valence-electron chi connectivity index (χ1n) is 9.28. The largest absolute Gasteiger partial charge is 0.462 e. The molecule has 3 rings (SSSR count). The molecule has 2 N–H and O–H groups in total. The maximum Gasteiger partial charge on any atom is 0.308 e. The summed E-state index contributed by atoms with van der Waals surface area (Å²) in [6.45, 7) is 0.753. The van der Waals surface area contributed by atoms with Crippen molar-refractivity contribution in [2.45, 2.75) is 50.7 Å². The van der Waals surface area contributed by atoms with Crippen molar-refractivity contribution in [2.75, 3.05) is 13.1 Å². The van der Waals surface area contributed by atoms with Crippen LogP contribution in [0, 0.1) is 0 Å². The highest BCUT2D eigenvalue weighted by Crippen LogP contribution is 2.21. The molecular weight excluding hydrogens is 450 g/mol. The molecule has 152 valence electrons. The number of ether oxygens (including phenoxy) is 1. The molecule has 1 aromatic rings. The molecule has 0 radical (unpaired) electrons. The number of furan rings is 1. The van der Waals surface area contributed by atoms with Crippen LogP contribution < -0.4 is 10.6 Å². The second-order valence-corrected chi connectivity index (χ2v) is 7.99. The minimum absolute atomic E-state index is 0.0721. The number of rotatable bonds is 4. The smallest absolute Gasteiger partial charge is 0.308 e. The van der Waals surface area contributed by atoms with Gasteiger partial charge >= 0.3 is 5.97 Å². The number of halogens is 1. The number of thiocarbonyl (C=S) groups is 1. The van der Waals surface area contributed by atoms with Crippen LogP contribution in [-0.2, 0) is 14.3 Å². The average molecular weight is 472 g/mol. The van der Waals surface area contributed by atoms with Gasteiger partial charge in [-0.15, -0.1) is 0 Å². The number of nitrogens with zero attached hydrogens (tertiary/aromatic N) is 1. The molecule has 2 aliphatic rings. The maximum atomic E-state index is 12.4. The minimum Gasteiger partial charge on any atom is -0.462 e. The normalized spacial score (nSPS) is 20.4. The lowest BCUT2D eigenvalue weighted by molar-refractivity contribution is -0.153. The van der Waals surface area contributed by atoms with E-state index in [1.165, 1.54) is 6.07 Å². The van der Waals surface area contributed by atoms with Crippen LogP contribution in [-0.4, -0.2) is 53.0 Å². The van der Waals surface area contributed by atoms with Gasteiger partial charge in [0.25, 0.3) is 5.91 Å². The second-order valence-electron chi connectivity index (χ2n) is 6.82. The molecular formula is C18H22BrN3O5S. The zero-order valence-electron chi connectivity index (χ0n) is 15.2. The fraction of sp³-hybridized carbons (Fsp3) is 0.556. The summed E-state index contributed by atoms with van der Waals surface area (Å²) in [5.41, 5.74) is 0. The number of nitrogens with one attached hydrogen (secondary N) is 2. The molecule has 1 aliphatic heterocycles. The van der Waals surface area contributed by atoms with Crippen molar-refractivity contribution in [3.63, 3.8) is 0 Å². The van der Waals surface area contributed by atoms with Gasteiger partial charge in [0.1, 0.15) is 12.1 Å². The lowest BCUT2D eigenvalue weighted by Gasteiger charge is -2.36. The number of esters is 1. The van der Waals surface area contributed by atoms with Crippen LogP contribution in [0.3, 0.4) is 0 Å². The Morgan fingerprint density at radius 3 is 2.75 bits per heavy atom. The van der Waals surface area contributed by atoms with Crippen molar-refractivity contribution in [1.29, 1.82) is 0 Å². The van der Waals surface area contributed by atoms with Gasteiger partial charge in [-0.25, -0.2) is 0 Å². The van der Waals surface area contributed by atoms with Crippen molar-refractivity contribution in [1.82, 2.24) is 15.5 Å². The number of carbonyl (C=O) groups excluding carboxylic acids is 3. The number of piperazine rings is 1. The van der Waals surface area contributed by atoms with Crippen LogP contribution in [0.2, 0.25) is 0 Å². The monoisotopic (exact) mass is 471 g/mol. The third-order valence-electron chi connectivity index (χ3n) is 4.82. The van der Waals surface area contributed by atoms with E-state index in [0.29, 0.717) is 17.8 Å². The van der Waals surface area contributed by atoms with Gasteiger partial charge in [-0.05, 0) is 66.0 Å². The molecule has 28 heavy (non-hydrogen) atoms. The van der Waals surface area contributed by atoms with Crippen LogP contribution >= 0.6 is 28.1 Å². The van der Waals surface area contributed by atoms with E-state index in [9.17, 15) is 14.4 Å². The van der Waals surface area contributed by atoms with E-state index in [1.807, 2.05) is 0 Å². The summed E-state index contributed by atoms with van der Waals surface area (Å²) in [5, 5.41) is 5.36.